The molecule has 2 nitrogen and oxygen atoms in total. The van der Waals surface area contributed by atoms with Crippen molar-refractivity contribution in [1.29, 1.82) is 0 Å². The maximum absolute atomic E-state index is 5.38. The molecule has 0 saturated carbocycles. The van der Waals surface area contributed by atoms with Gasteiger partial charge in [-0.05, 0) is 30.2 Å². The molecule has 0 N–H and O–H groups in total. The minimum absolute atomic E-state index is 0.878. The summed E-state index contributed by atoms with van der Waals surface area (Å²) in [5.41, 5.74) is 2.16. The molecule has 1 aromatic heterocycles. The third-order valence-corrected chi connectivity index (χ3v) is 2.24. The number of methoxy groups -OCH3 is 1. The van der Waals surface area contributed by atoms with Gasteiger partial charge in [-0.15, -0.1) is 0 Å². The largest absolute Gasteiger partial charge is 0.497 e. The number of benzene rings is 1. The Kier molecular flexibility index (Phi) is 1.97. The normalized spacial score (nSPS) is 10.6. The van der Waals surface area contributed by atoms with Crippen LogP contribution in [0.5, 0.6) is 5.75 Å². The maximum atomic E-state index is 5.38. The second kappa shape index (κ2) is 3.13. The Morgan fingerprint density at radius 3 is 2.92 bits per heavy atom. The van der Waals surface area contributed by atoms with E-state index in [0.717, 1.165) is 23.1 Å². The molecule has 1 aromatic carbocycles. The SMILES string of the molecule is CCc1coc2ccc(OC)cc12. The van der Waals surface area contributed by atoms with Crippen molar-refractivity contribution < 1.29 is 9.15 Å². The number of aryl methyl sites for hydroxylation is 1. The molecule has 0 atom stereocenters. The fourth-order valence-corrected chi connectivity index (χ4v) is 1.46. The van der Waals surface area contributed by atoms with Crippen molar-refractivity contribution in [3.63, 3.8) is 0 Å². The number of hydrogen-bond donors (Lipinski definition) is 0. The number of hydrogen-bond acceptors (Lipinski definition) is 2. The topological polar surface area (TPSA) is 22.4 Å². The Morgan fingerprint density at radius 1 is 1.38 bits per heavy atom. The standard InChI is InChI=1S/C11H12O2/c1-3-8-7-13-11-5-4-9(12-2)6-10(8)11/h4-7H,3H2,1-2H3. The van der Waals surface area contributed by atoms with Crippen molar-refractivity contribution in [3.8, 4) is 5.75 Å². The fourth-order valence-electron chi connectivity index (χ4n) is 1.46. The molecule has 0 aliphatic rings. The van der Waals surface area contributed by atoms with Crippen LogP contribution in [0.15, 0.2) is 28.9 Å². The Hall–Kier alpha value is -1.44. The fraction of sp³-hybridized carbons (Fsp3) is 0.273. The summed E-state index contributed by atoms with van der Waals surface area (Å²) in [6.45, 7) is 2.11. The number of rotatable bonds is 2. The van der Waals surface area contributed by atoms with Crippen LogP contribution in [0.3, 0.4) is 0 Å². The number of fused-ring (bicyclic) bond motifs is 1. The smallest absolute Gasteiger partial charge is 0.134 e. The van der Waals surface area contributed by atoms with E-state index in [2.05, 4.69) is 6.92 Å². The van der Waals surface area contributed by atoms with Gasteiger partial charge in [0.1, 0.15) is 11.3 Å². The van der Waals surface area contributed by atoms with Gasteiger partial charge in [0.25, 0.3) is 0 Å². The predicted octanol–water partition coefficient (Wildman–Crippen LogP) is 3.00. The molecule has 0 aliphatic carbocycles. The van der Waals surface area contributed by atoms with E-state index in [1.54, 1.807) is 7.11 Å². The lowest BCUT2D eigenvalue weighted by atomic mass is 10.1. The third-order valence-electron chi connectivity index (χ3n) is 2.24. The molecule has 1 heterocycles. The quantitative estimate of drug-likeness (QED) is 0.701. The maximum Gasteiger partial charge on any atom is 0.134 e. The molecular formula is C11H12O2. The summed E-state index contributed by atoms with van der Waals surface area (Å²) in [6.07, 6.45) is 2.80. The molecule has 2 rings (SSSR count). The van der Waals surface area contributed by atoms with Crippen molar-refractivity contribution in [2.24, 2.45) is 0 Å². The average molecular weight is 176 g/mol. The van der Waals surface area contributed by atoms with Crippen LogP contribution >= 0.6 is 0 Å². The van der Waals surface area contributed by atoms with Crippen LogP contribution in [0.1, 0.15) is 12.5 Å². The first-order valence-electron chi connectivity index (χ1n) is 4.39. The van der Waals surface area contributed by atoms with Crippen molar-refractivity contribution in [3.05, 3.63) is 30.0 Å². The average Bonchev–Trinajstić information content (AvgIpc) is 2.59. The van der Waals surface area contributed by atoms with Crippen LogP contribution in [-0.4, -0.2) is 7.11 Å². The molecule has 0 spiro atoms. The molecule has 0 unspecified atom stereocenters. The van der Waals surface area contributed by atoms with Crippen LogP contribution in [0, 0.1) is 0 Å². The van der Waals surface area contributed by atoms with Crippen LogP contribution in [0.25, 0.3) is 11.0 Å². The van der Waals surface area contributed by atoms with E-state index >= 15 is 0 Å². The van der Waals surface area contributed by atoms with Crippen molar-refractivity contribution in [2.45, 2.75) is 13.3 Å². The summed E-state index contributed by atoms with van der Waals surface area (Å²) >= 11 is 0. The summed E-state index contributed by atoms with van der Waals surface area (Å²) in [4.78, 5) is 0. The second-order valence-corrected chi connectivity index (χ2v) is 2.98. The summed E-state index contributed by atoms with van der Waals surface area (Å²) in [6, 6.07) is 5.86. The van der Waals surface area contributed by atoms with Gasteiger partial charge in [-0.25, -0.2) is 0 Å². The molecule has 0 bridgehead atoms. The van der Waals surface area contributed by atoms with E-state index < -0.39 is 0 Å². The van der Waals surface area contributed by atoms with Crippen molar-refractivity contribution in [1.82, 2.24) is 0 Å². The lowest BCUT2D eigenvalue weighted by molar-refractivity contribution is 0.415. The van der Waals surface area contributed by atoms with Gasteiger partial charge < -0.3 is 9.15 Å². The van der Waals surface area contributed by atoms with Gasteiger partial charge in [-0.3, -0.25) is 0 Å². The highest BCUT2D eigenvalue weighted by Crippen LogP contribution is 2.25. The van der Waals surface area contributed by atoms with Crippen LogP contribution < -0.4 is 4.74 Å². The molecule has 0 saturated heterocycles. The zero-order chi connectivity index (χ0) is 9.26. The summed E-state index contributed by atoms with van der Waals surface area (Å²) in [7, 11) is 1.67. The Bertz CT molecular complexity index is 415. The van der Waals surface area contributed by atoms with Gasteiger partial charge in [0.2, 0.25) is 0 Å². The lowest BCUT2D eigenvalue weighted by Gasteiger charge is -1.98. The Balaban J connectivity index is 2.64. The minimum Gasteiger partial charge on any atom is -0.497 e. The van der Waals surface area contributed by atoms with E-state index in [9.17, 15) is 0 Å². The van der Waals surface area contributed by atoms with Gasteiger partial charge in [-0.2, -0.15) is 0 Å². The Labute approximate surface area is 77.1 Å². The minimum atomic E-state index is 0.878. The molecule has 0 aliphatic heterocycles. The zero-order valence-electron chi connectivity index (χ0n) is 7.83. The highest BCUT2D eigenvalue weighted by atomic mass is 16.5. The second-order valence-electron chi connectivity index (χ2n) is 2.98. The molecule has 0 fully saturated rings. The van der Waals surface area contributed by atoms with E-state index in [0.29, 0.717) is 0 Å². The Morgan fingerprint density at radius 2 is 2.23 bits per heavy atom. The number of furan rings is 1. The van der Waals surface area contributed by atoms with Crippen molar-refractivity contribution in [2.75, 3.05) is 7.11 Å². The van der Waals surface area contributed by atoms with Gasteiger partial charge >= 0.3 is 0 Å². The molecule has 2 heteroatoms. The van der Waals surface area contributed by atoms with E-state index in [1.165, 1.54) is 5.56 Å². The molecule has 0 amide bonds. The van der Waals surface area contributed by atoms with Gasteiger partial charge in [0.15, 0.2) is 0 Å². The highest BCUT2D eigenvalue weighted by Gasteiger charge is 2.04. The molecule has 68 valence electrons. The van der Waals surface area contributed by atoms with Gasteiger partial charge in [-0.1, -0.05) is 6.92 Å². The molecule has 2 aromatic rings. The summed E-state index contributed by atoms with van der Waals surface area (Å²) in [5, 5.41) is 1.15. The van der Waals surface area contributed by atoms with E-state index in [4.69, 9.17) is 9.15 Å². The number of ether oxygens (including phenoxy) is 1. The first-order valence-corrected chi connectivity index (χ1v) is 4.39. The van der Waals surface area contributed by atoms with Crippen LogP contribution in [0.4, 0.5) is 0 Å². The monoisotopic (exact) mass is 176 g/mol. The zero-order valence-corrected chi connectivity index (χ0v) is 7.83. The van der Waals surface area contributed by atoms with Gasteiger partial charge in [0.05, 0.1) is 13.4 Å². The first kappa shape index (κ1) is 8.17. The summed E-state index contributed by atoms with van der Waals surface area (Å²) < 4.78 is 10.5. The molecular weight excluding hydrogens is 164 g/mol. The van der Waals surface area contributed by atoms with Gasteiger partial charge in [0, 0.05) is 5.39 Å². The van der Waals surface area contributed by atoms with E-state index in [-0.39, 0.29) is 0 Å². The summed E-state index contributed by atoms with van der Waals surface area (Å²) in [5.74, 6) is 0.878. The highest BCUT2D eigenvalue weighted by molar-refractivity contribution is 5.82. The predicted molar refractivity (Wildman–Crippen MR) is 52.1 cm³/mol. The third kappa shape index (κ3) is 1.28. The molecule has 13 heavy (non-hydrogen) atoms. The van der Waals surface area contributed by atoms with Crippen LogP contribution in [-0.2, 0) is 6.42 Å². The van der Waals surface area contributed by atoms with Crippen LogP contribution in [0.2, 0.25) is 0 Å². The van der Waals surface area contributed by atoms with Crippen molar-refractivity contribution >= 4 is 11.0 Å². The van der Waals surface area contributed by atoms with E-state index in [1.807, 2.05) is 24.5 Å². The first-order chi connectivity index (χ1) is 6.35. The molecule has 0 radical (unpaired) electrons. The lowest BCUT2D eigenvalue weighted by Crippen LogP contribution is -1.82.